The first-order valence-electron chi connectivity index (χ1n) is 9.65. The largest absolute Gasteiger partial charge is 0.507 e. The minimum atomic E-state index is -3.65. The first-order chi connectivity index (χ1) is 15.1. The van der Waals surface area contributed by atoms with Crippen molar-refractivity contribution in [1.29, 1.82) is 0 Å². The lowest BCUT2D eigenvalue weighted by Gasteiger charge is -2.25. The molecule has 0 aromatic heterocycles. The van der Waals surface area contributed by atoms with Crippen molar-refractivity contribution in [2.75, 3.05) is 34.4 Å². The average molecular weight is 523 g/mol. The maximum absolute atomic E-state index is 12.9. The van der Waals surface area contributed by atoms with E-state index in [9.17, 15) is 23.1 Å². The average Bonchev–Trinajstić information content (AvgIpc) is 3.02. The number of hydrogen-bond donors (Lipinski definition) is 1. The fraction of sp³-hybridized carbons (Fsp3) is 0.273. The molecule has 1 N–H and O–H groups in total. The van der Waals surface area contributed by atoms with E-state index in [-0.39, 0.29) is 34.9 Å². The number of ether oxygens (including phenoxy) is 1. The summed E-state index contributed by atoms with van der Waals surface area (Å²) in [5.41, 5.74) is 0.808. The van der Waals surface area contributed by atoms with Crippen molar-refractivity contribution in [2.24, 2.45) is 0 Å². The summed E-state index contributed by atoms with van der Waals surface area (Å²) in [6.07, 6.45) is 0. The van der Waals surface area contributed by atoms with E-state index in [4.69, 9.17) is 4.74 Å². The first kappa shape index (κ1) is 24.1. The molecule has 1 amide bonds. The Hall–Kier alpha value is -2.53. The van der Waals surface area contributed by atoms with Crippen molar-refractivity contribution in [3.8, 4) is 0 Å². The van der Waals surface area contributed by atoms with Gasteiger partial charge in [0.15, 0.2) is 0 Å². The van der Waals surface area contributed by atoms with E-state index >= 15 is 0 Å². The van der Waals surface area contributed by atoms with E-state index in [1.807, 2.05) is 6.07 Å². The number of aliphatic hydroxyl groups excluding tert-OH is 1. The lowest BCUT2D eigenvalue weighted by molar-refractivity contribution is -0.140. The predicted molar refractivity (Wildman–Crippen MR) is 122 cm³/mol. The number of halogens is 1. The third-order valence-corrected chi connectivity index (χ3v) is 7.47. The zero-order chi connectivity index (χ0) is 23.6. The molecule has 1 aliphatic rings. The number of Topliss-reactive ketones (excluding diaryl/α,β-unsaturated/α-hetero) is 1. The molecule has 1 aliphatic heterocycles. The number of sulfonamides is 1. The SMILES string of the molecule is COCCN1C(=O)C(=O)/C(=C(\O)c2ccc(S(=O)(=O)N(C)C)cc2)C1c1cccc(Br)c1. The molecule has 0 aliphatic carbocycles. The van der Waals surface area contributed by atoms with Gasteiger partial charge in [-0.05, 0) is 42.0 Å². The second-order valence-corrected chi connectivity index (χ2v) is 10.4. The van der Waals surface area contributed by atoms with Crippen LogP contribution in [0.2, 0.25) is 0 Å². The van der Waals surface area contributed by atoms with Gasteiger partial charge in [0.25, 0.3) is 11.7 Å². The van der Waals surface area contributed by atoms with Crippen LogP contribution < -0.4 is 0 Å². The molecule has 0 radical (unpaired) electrons. The fourth-order valence-electron chi connectivity index (χ4n) is 3.47. The van der Waals surface area contributed by atoms with Crippen LogP contribution in [-0.2, 0) is 24.3 Å². The van der Waals surface area contributed by atoms with E-state index in [1.165, 1.54) is 50.4 Å². The quantitative estimate of drug-likeness (QED) is 0.340. The Kier molecular flexibility index (Phi) is 7.19. The zero-order valence-electron chi connectivity index (χ0n) is 17.8. The summed E-state index contributed by atoms with van der Waals surface area (Å²) in [4.78, 5) is 27.1. The number of methoxy groups -OCH3 is 1. The topological polar surface area (TPSA) is 104 Å². The summed E-state index contributed by atoms with van der Waals surface area (Å²) < 4.78 is 31.5. The number of nitrogens with zero attached hydrogens (tertiary/aromatic N) is 2. The second kappa shape index (κ2) is 9.53. The third-order valence-electron chi connectivity index (χ3n) is 5.15. The van der Waals surface area contributed by atoms with Gasteiger partial charge < -0.3 is 14.7 Å². The van der Waals surface area contributed by atoms with Gasteiger partial charge in [-0.3, -0.25) is 9.59 Å². The van der Waals surface area contributed by atoms with Gasteiger partial charge in [-0.25, -0.2) is 12.7 Å². The highest BCUT2D eigenvalue weighted by molar-refractivity contribution is 9.10. The van der Waals surface area contributed by atoms with Gasteiger partial charge in [0.1, 0.15) is 5.76 Å². The maximum atomic E-state index is 12.9. The molecule has 2 aromatic rings. The van der Waals surface area contributed by atoms with Gasteiger partial charge in [-0.2, -0.15) is 0 Å². The number of carbonyl (C=O) groups excluding carboxylic acids is 2. The van der Waals surface area contributed by atoms with E-state index < -0.39 is 27.8 Å². The molecule has 8 nitrogen and oxygen atoms in total. The van der Waals surface area contributed by atoms with Gasteiger partial charge in [0.05, 0.1) is 23.1 Å². The third kappa shape index (κ3) is 4.49. The van der Waals surface area contributed by atoms with Crippen LogP contribution in [0.15, 0.2) is 63.5 Å². The molecule has 1 fully saturated rings. The minimum Gasteiger partial charge on any atom is -0.507 e. The lowest BCUT2D eigenvalue weighted by atomic mass is 9.95. The Morgan fingerprint density at radius 1 is 1.16 bits per heavy atom. The monoisotopic (exact) mass is 522 g/mol. The smallest absolute Gasteiger partial charge is 0.295 e. The Labute approximate surface area is 195 Å². The van der Waals surface area contributed by atoms with Crippen molar-refractivity contribution in [2.45, 2.75) is 10.9 Å². The molecule has 1 saturated heterocycles. The predicted octanol–water partition coefficient (Wildman–Crippen LogP) is 2.77. The standard InChI is InChI=1S/C22H23BrN2O6S/c1-24(2)32(29,30)17-9-7-14(8-10-17)20(26)18-19(15-5-4-6-16(23)13-15)25(11-12-31-3)22(28)21(18)27/h4-10,13,19,26H,11-12H2,1-3H3/b20-18-. The summed E-state index contributed by atoms with van der Waals surface area (Å²) in [5, 5.41) is 11.0. The highest BCUT2D eigenvalue weighted by Crippen LogP contribution is 2.40. The van der Waals surface area contributed by atoms with Crippen molar-refractivity contribution in [1.82, 2.24) is 9.21 Å². The summed E-state index contributed by atoms with van der Waals surface area (Å²) in [5.74, 6) is -1.92. The first-order valence-corrected chi connectivity index (χ1v) is 11.9. The van der Waals surface area contributed by atoms with Gasteiger partial charge >= 0.3 is 0 Å². The minimum absolute atomic E-state index is 0.0446. The van der Waals surface area contributed by atoms with Crippen molar-refractivity contribution in [3.05, 3.63) is 69.7 Å². The highest BCUT2D eigenvalue weighted by Gasteiger charge is 2.45. The molecule has 1 heterocycles. The Morgan fingerprint density at radius 2 is 1.81 bits per heavy atom. The van der Waals surface area contributed by atoms with E-state index in [0.717, 1.165) is 8.78 Å². The number of aliphatic hydroxyl groups is 1. The van der Waals surface area contributed by atoms with E-state index in [2.05, 4.69) is 15.9 Å². The molecule has 170 valence electrons. The van der Waals surface area contributed by atoms with Gasteiger partial charge in [0.2, 0.25) is 10.0 Å². The molecular weight excluding hydrogens is 500 g/mol. The van der Waals surface area contributed by atoms with Crippen LogP contribution in [0.5, 0.6) is 0 Å². The summed E-state index contributed by atoms with van der Waals surface area (Å²) in [7, 11) is 0.685. The van der Waals surface area contributed by atoms with Crippen molar-refractivity contribution in [3.63, 3.8) is 0 Å². The number of hydrogen-bond acceptors (Lipinski definition) is 6. The van der Waals surface area contributed by atoms with Crippen LogP contribution in [0.1, 0.15) is 17.2 Å². The summed E-state index contributed by atoms with van der Waals surface area (Å²) in [6, 6.07) is 11.8. The maximum Gasteiger partial charge on any atom is 0.295 e. The molecule has 3 rings (SSSR count). The van der Waals surface area contributed by atoms with Crippen LogP contribution in [-0.4, -0.2) is 68.8 Å². The zero-order valence-corrected chi connectivity index (χ0v) is 20.2. The number of benzene rings is 2. The normalized spacial score (nSPS) is 18.5. The number of amides is 1. The van der Waals surface area contributed by atoms with Gasteiger partial charge in [-0.1, -0.05) is 28.1 Å². The fourth-order valence-corrected chi connectivity index (χ4v) is 4.79. The van der Waals surface area contributed by atoms with Crippen LogP contribution >= 0.6 is 15.9 Å². The Morgan fingerprint density at radius 3 is 2.38 bits per heavy atom. The molecule has 0 spiro atoms. The van der Waals surface area contributed by atoms with Crippen LogP contribution in [0.25, 0.3) is 5.76 Å². The number of rotatable bonds is 7. The Bertz CT molecular complexity index is 1180. The second-order valence-electron chi connectivity index (χ2n) is 7.35. The van der Waals surface area contributed by atoms with Gasteiger partial charge in [-0.15, -0.1) is 0 Å². The molecule has 1 unspecified atom stereocenters. The lowest BCUT2D eigenvalue weighted by Crippen LogP contribution is -2.32. The highest BCUT2D eigenvalue weighted by atomic mass is 79.9. The summed E-state index contributed by atoms with van der Waals surface area (Å²) >= 11 is 3.40. The Balaban J connectivity index is 2.13. The van der Waals surface area contributed by atoms with E-state index in [0.29, 0.717) is 5.56 Å². The molecule has 2 aromatic carbocycles. The molecule has 1 atom stereocenters. The molecular formula is C22H23BrN2O6S. The van der Waals surface area contributed by atoms with E-state index in [1.54, 1.807) is 18.2 Å². The van der Waals surface area contributed by atoms with Gasteiger partial charge in [0, 0.05) is 37.8 Å². The molecule has 0 bridgehead atoms. The molecule has 32 heavy (non-hydrogen) atoms. The molecule has 0 saturated carbocycles. The summed E-state index contributed by atoms with van der Waals surface area (Å²) in [6.45, 7) is 0.379. The number of ketones is 1. The molecule has 10 heteroatoms. The number of likely N-dealkylation sites (tertiary alicyclic amines) is 1. The number of carbonyl (C=O) groups is 2. The van der Waals surface area contributed by atoms with Crippen LogP contribution in [0.4, 0.5) is 0 Å². The van der Waals surface area contributed by atoms with Crippen LogP contribution in [0, 0.1) is 0 Å². The van der Waals surface area contributed by atoms with Crippen LogP contribution in [0.3, 0.4) is 0 Å². The van der Waals surface area contributed by atoms with Crippen molar-refractivity contribution >= 4 is 43.4 Å². The van der Waals surface area contributed by atoms with Crippen molar-refractivity contribution < 1.29 is 27.9 Å².